The number of aromatic nitrogens is 1. The Hall–Kier alpha value is -1.20. The molecule has 0 saturated heterocycles. The van der Waals surface area contributed by atoms with Gasteiger partial charge in [0.05, 0.1) is 13.0 Å². The zero-order valence-corrected chi connectivity index (χ0v) is 11.4. The van der Waals surface area contributed by atoms with E-state index in [4.69, 9.17) is 0 Å². The lowest BCUT2D eigenvalue weighted by Crippen LogP contribution is -2.24. The van der Waals surface area contributed by atoms with Crippen LogP contribution in [0.3, 0.4) is 0 Å². The van der Waals surface area contributed by atoms with Crippen molar-refractivity contribution in [3.63, 3.8) is 0 Å². The van der Waals surface area contributed by atoms with Crippen LogP contribution in [0.25, 0.3) is 0 Å². The number of carbonyl (C=O) groups excluding carboxylic acids is 1. The maximum absolute atomic E-state index is 11.6. The van der Waals surface area contributed by atoms with Gasteiger partial charge in [0, 0.05) is 16.0 Å². The summed E-state index contributed by atoms with van der Waals surface area (Å²) < 4.78 is 1.02. The molecule has 17 heavy (non-hydrogen) atoms. The predicted octanol–water partition coefficient (Wildman–Crippen LogP) is 2.76. The number of amides is 1. The van der Waals surface area contributed by atoms with Crippen LogP contribution < -0.4 is 5.32 Å². The van der Waals surface area contributed by atoms with Crippen LogP contribution in [0.1, 0.15) is 10.6 Å². The molecule has 0 aliphatic heterocycles. The van der Waals surface area contributed by atoms with Crippen LogP contribution in [0.4, 0.5) is 0 Å². The number of nitrogens with one attached hydrogen (secondary N) is 1. The fourth-order valence-electron chi connectivity index (χ4n) is 1.36. The lowest BCUT2D eigenvalue weighted by Gasteiger charge is -2.03. The van der Waals surface area contributed by atoms with Gasteiger partial charge in [-0.25, -0.2) is 4.98 Å². The van der Waals surface area contributed by atoms with Crippen LogP contribution in [0.5, 0.6) is 0 Å². The second kappa shape index (κ2) is 5.93. The molecule has 0 aliphatic carbocycles. The van der Waals surface area contributed by atoms with Gasteiger partial charge in [0.2, 0.25) is 5.91 Å². The van der Waals surface area contributed by atoms with Crippen molar-refractivity contribution >= 4 is 33.2 Å². The predicted molar refractivity (Wildman–Crippen MR) is 71.8 cm³/mol. The van der Waals surface area contributed by atoms with Gasteiger partial charge >= 0.3 is 0 Å². The molecule has 3 nitrogen and oxygen atoms in total. The van der Waals surface area contributed by atoms with Gasteiger partial charge in [-0.3, -0.25) is 4.79 Å². The van der Waals surface area contributed by atoms with Crippen molar-refractivity contribution < 1.29 is 4.79 Å². The van der Waals surface area contributed by atoms with E-state index >= 15 is 0 Å². The zero-order chi connectivity index (χ0) is 12.1. The fraction of sp³-hybridized carbons (Fsp3) is 0.167. The smallest absolute Gasteiger partial charge is 0.224 e. The van der Waals surface area contributed by atoms with E-state index in [0.717, 1.165) is 15.0 Å². The third kappa shape index (κ3) is 3.94. The van der Waals surface area contributed by atoms with Gasteiger partial charge in [0.1, 0.15) is 5.01 Å². The number of hydrogen-bond acceptors (Lipinski definition) is 3. The second-order valence-corrected chi connectivity index (χ2v) is 5.40. The first-order valence-electron chi connectivity index (χ1n) is 5.13. The summed E-state index contributed by atoms with van der Waals surface area (Å²) in [5.41, 5.74) is 1.00. The van der Waals surface area contributed by atoms with Crippen LogP contribution >= 0.6 is 27.3 Å². The molecule has 0 radical (unpaired) electrons. The highest BCUT2D eigenvalue weighted by Crippen LogP contribution is 2.11. The Kier molecular flexibility index (Phi) is 4.28. The van der Waals surface area contributed by atoms with E-state index in [1.165, 1.54) is 0 Å². The molecule has 1 aromatic carbocycles. The molecule has 0 atom stereocenters. The van der Waals surface area contributed by atoms with E-state index < -0.39 is 0 Å². The van der Waals surface area contributed by atoms with Gasteiger partial charge in [-0.2, -0.15) is 0 Å². The van der Waals surface area contributed by atoms with Gasteiger partial charge in [-0.05, 0) is 17.7 Å². The molecule has 0 fully saturated rings. The molecular weight excluding hydrogens is 300 g/mol. The van der Waals surface area contributed by atoms with Crippen LogP contribution in [0, 0.1) is 0 Å². The maximum Gasteiger partial charge on any atom is 0.224 e. The molecule has 0 unspecified atom stereocenters. The minimum atomic E-state index is 0.0162. The number of nitrogens with zero attached hydrogens (tertiary/aromatic N) is 1. The van der Waals surface area contributed by atoms with Crippen LogP contribution in [-0.4, -0.2) is 10.9 Å². The van der Waals surface area contributed by atoms with Crippen molar-refractivity contribution in [1.29, 1.82) is 0 Å². The lowest BCUT2D eigenvalue weighted by molar-refractivity contribution is -0.120. The normalized spacial score (nSPS) is 10.2. The van der Waals surface area contributed by atoms with Crippen LogP contribution in [-0.2, 0) is 17.8 Å². The molecule has 0 aliphatic rings. The van der Waals surface area contributed by atoms with Crippen molar-refractivity contribution in [2.24, 2.45) is 0 Å². The van der Waals surface area contributed by atoms with E-state index in [0.29, 0.717) is 13.0 Å². The van der Waals surface area contributed by atoms with Crippen molar-refractivity contribution in [3.05, 3.63) is 50.9 Å². The molecule has 1 aromatic heterocycles. The lowest BCUT2D eigenvalue weighted by atomic mass is 10.1. The third-order valence-electron chi connectivity index (χ3n) is 2.20. The van der Waals surface area contributed by atoms with E-state index in [1.807, 2.05) is 29.6 Å². The summed E-state index contributed by atoms with van der Waals surface area (Å²) in [7, 11) is 0. The minimum absolute atomic E-state index is 0.0162. The van der Waals surface area contributed by atoms with E-state index in [9.17, 15) is 4.79 Å². The first-order chi connectivity index (χ1) is 8.24. The molecule has 1 N–H and O–H groups in total. The van der Waals surface area contributed by atoms with Gasteiger partial charge in [-0.1, -0.05) is 28.1 Å². The molecule has 5 heteroatoms. The fourth-order valence-corrected chi connectivity index (χ4v) is 2.18. The first-order valence-corrected chi connectivity index (χ1v) is 6.81. The number of thiazole rings is 1. The molecule has 0 saturated carbocycles. The van der Waals surface area contributed by atoms with Crippen molar-refractivity contribution in [3.8, 4) is 0 Å². The number of hydrogen-bond donors (Lipinski definition) is 1. The average Bonchev–Trinajstić information content (AvgIpc) is 2.83. The first kappa shape index (κ1) is 12.3. The molecule has 1 amide bonds. The average molecular weight is 311 g/mol. The molecule has 2 aromatic rings. The molecule has 2 rings (SSSR count). The van der Waals surface area contributed by atoms with Crippen molar-refractivity contribution in [2.45, 2.75) is 13.0 Å². The number of benzene rings is 1. The summed E-state index contributed by atoms with van der Waals surface area (Å²) >= 11 is 4.90. The third-order valence-corrected chi connectivity index (χ3v) is 3.51. The summed E-state index contributed by atoms with van der Waals surface area (Å²) in [6.07, 6.45) is 2.14. The van der Waals surface area contributed by atoms with Crippen LogP contribution in [0.15, 0.2) is 40.3 Å². The summed E-state index contributed by atoms with van der Waals surface area (Å²) in [5.74, 6) is 0.0162. The van der Waals surface area contributed by atoms with Gasteiger partial charge in [0.25, 0.3) is 0 Å². The topological polar surface area (TPSA) is 42.0 Å². The van der Waals surface area contributed by atoms with Gasteiger partial charge < -0.3 is 5.32 Å². The quantitative estimate of drug-likeness (QED) is 0.943. The standard InChI is InChI=1S/C12H11BrN2OS/c13-10-3-1-9(2-4-10)7-11(16)15-8-12-14-5-6-17-12/h1-6H,7-8H2,(H,15,16). The maximum atomic E-state index is 11.6. The number of rotatable bonds is 4. The van der Waals surface area contributed by atoms with E-state index in [2.05, 4.69) is 26.2 Å². The molecule has 0 spiro atoms. The summed E-state index contributed by atoms with van der Waals surface area (Å²) in [5, 5.41) is 5.67. The van der Waals surface area contributed by atoms with Crippen LogP contribution in [0.2, 0.25) is 0 Å². The Balaban J connectivity index is 1.83. The van der Waals surface area contributed by atoms with E-state index in [1.54, 1.807) is 17.5 Å². The highest BCUT2D eigenvalue weighted by atomic mass is 79.9. The van der Waals surface area contributed by atoms with E-state index in [-0.39, 0.29) is 5.91 Å². The van der Waals surface area contributed by atoms with Gasteiger partial charge in [-0.15, -0.1) is 11.3 Å². The Morgan fingerprint density at radius 2 is 2.12 bits per heavy atom. The van der Waals surface area contributed by atoms with Gasteiger partial charge in [0.15, 0.2) is 0 Å². The van der Waals surface area contributed by atoms with Crippen molar-refractivity contribution in [2.75, 3.05) is 0 Å². The molecule has 88 valence electrons. The summed E-state index contributed by atoms with van der Waals surface area (Å²) in [6.45, 7) is 0.507. The SMILES string of the molecule is O=C(Cc1ccc(Br)cc1)NCc1nccs1. The van der Waals surface area contributed by atoms with Crippen molar-refractivity contribution in [1.82, 2.24) is 10.3 Å². The molecule has 0 bridgehead atoms. The Bertz CT molecular complexity index is 482. The second-order valence-electron chi connectivity index (χ2n) is 3.51. The minimum Gasteiger partial charge on any atom is -0.349 e. The highest BCUT2D eigenvalue weighted by Gasteiger charge is 2.04. The molecular formula is C12H11BrN2OS. The number of halogens is 1. The zero-order valence-electron chi connectivity index (χ0n) is 9.02. The summed E-state index contributed by atoms with van der Waals surface area (Å²) in [4.78, 5) is 15.8. The number of carbonyl (C=O) groups is 1. The highest BCUT2D eigenvalue weighted by molar-refractivity contribution is 9.10. The Morgan fingerprint density at radius 3 is 2.76 bits per heavy atom. The Morgan fingerprint density at radius 1 is 1.35 bits per heavy atom. The molecule has 1 heterocycles. The summed E-state index contributed by atoms with van der Waals surface area (Å²) in [6, 6.07) is 7.74. The Labute approximate surface area is 112 Å². The largest absolute Gasteiger partial charge is 0.349 e. The monoisotopic (exact) mass is 310 g/mol.